The first kappa shape index (κ1) is 26.8. The maximum absolute atomic E-state index is 4.74. The van der Waals surface area contributed by atoms with Crippen LogP contribution in [0.15, 0.2) is 77.7 Å². The summed E-state index contributed by atoms with van der Waals surface area (Å²) in [5, 5.41) is 0. The largest absolute Gasteiger partial charge is 0.143 e. The first-order valence-corrected chi connectivity index (χ1v) is 13.6. The van der Waals surface area contributed by atoms with E-state index in [-0.39, 0.29) is 5.41 Å². The Morgan fingerprint density at radius 3 is 1.06 bits per heavy atom. The van der Waals surface area contributed by atoms with Crippen molar-refractivity contribution >= 4 is 12.6 Å². The highest BCUT2D eigenvalue weighted by Gasteiger charge is 2.51. The van der Waals surface area contributed by atoms with Crippen molar-refractivity contribution in [1.29, 1.82) is 0 Å². The topological polar surface area (TPSA) is 0 Å². The van der Waals surface area contributed by atoms with Gasteiger partial charge in [0.2, 0.25) is 0 Å². The van der Waals surface area contributed by atoms with E-state index < -0.39 is 0 Å². The molecular formula is C34H40S. The maximum atomic E-state index is 4.74. The number of rotatable bonds is 0. The molecule has 0 saturated heterocycles. The molecule has 0 bridgehead atoms. The highest BCUT2D eigenvalue weighted by molar-refractivity contribution is 7.80. The molecule has 4 aromatic rings. The van der Waals surface area contributed by atoms with Crippen LogP contribution in [-0.4, -0.2) is 0 Å². The second kappa shape index (κ2) is 10.9. The molecule has 0 unspecified atom stereocenters. The van der Waals surface area contributed by atoms with Crippen molar-refractivity contribution in [3.63, 3.8) is 0 Å². The van der Waals surface area contributed by atoms with Crippen molar-refractivity contribution in [1.82, 2.24) is 0 Å². The van der Waals surface area contributed by atoms with Gasteiger partial charge < -0.3 is 0 Å². The van der Waals surface area contributed by atoms with E-state index in [1.54, 1.807) is 0 Å². The Morgan fingerprint density at radius 1 is 0.429 bits per heavy atom. The summed E-state index contributed by atoms with van der Waals surface area (Å²) >= 11 is 4.74. The average molecular weight is 481 g/mol. The first-order valence-electron chi connectivity index (χ1n) is 13.2. The van der Waals surface area contributed by atoms with E-state index in [0.29, 0.717) is 0 Å². The van der Waals surface area contributed by atoms with Crippen LogP contribution in [0.1, 0.15) is 80.5 Å². The Bertz CT molecular complexity index is 1130. The van der Waals surface area contributed by atoms with Gasteiger partial charge in [0.05, 0.1) is 5.41 Å². The molecule has 0 saturated carbocycles. The van der Waals surface area contributed by atoms with Gasteiger partial charge in [0.25, 0.3) is 0 Å². The Labute approximate surface area is 218 Å². The zero-order valence-corrected chi connectivity index (χ0v) is 23.8. The van der Waals surface area contributed by atoms with Gasteiger partial charge in [-0.25, -0.2) is 0 Å². The lowest BCUT2D eigenvalue weighted by atomic mass is 9.70. The molecule has 0 atom stereocenters. The molecule has 35 heavy (non-hydrogen) atoms. The van der Waals surface area contributed by atoms with E-state index in [1.165, 1.54) is 61.2 Å². The molecule has 2 aliphatic rings. The van der Waals surface area contributed by atoms with Gasteiger partial charge in [-0.3, -0.25) is 0 Å². The van der Waals surface area contributed by atoms with Gasteiger partial charge in [-0.1, -0.05) is 119 Å². The molecule has 0 N–H and O–H groups in total. The molecule has 4 aromatic carbocycles. The number of benzene rings is 4. The van der Waals surface area contributed by atoms with E-state index in [9.17, 15) is 0 Å². The third-order valence-electron chi connectivity index (χ3n) is 6.72. The lowest BCUT2D eigenvalue weighted by Crippen LogP contribution is -2.26. The highest BCUT2D eigenvalue weighted by atomic mass is 32.1. The van der Waals surface area contributed by atoms with Gasteiger partial charge >= 0.3 is 0 Å². The molecule has 0 aliphatic heterocycles. The van der Waals surface area contributed by atoms with Gasteiger partial charge in [-0.15, -0.1) is 12.6 Å². The van der Waals surface area contributed by atoms with Gasteiger partial charge in [-0.05, 0) is 77.4 Å². The normalized spacial score (nSPS) is 12.5. The summed E-state index contributed by atoms with van der Waals surface area (Å²) in [7, 11) is 0. The van der Waals surface area contributed by atoms with Crippen LogP contribution in [0.4, 0.5) is 0 Å². The van der Waals surface area contributed by atoms with Crippen LogP contribution in [0, 0.1) is 20.8 Å². The molecule has 1 spiro atoms. The van der Waals surface area contributed by atoms with Crippen molar-refractivity contribution in [3.8, 4) is 22.3 Å². The fraction of sp³-hybridized carbons (Fsp3) is 0.294. The van der Waals surface area contributed by atoms with Crippen molar-refractivity contribution < 1.29 is 0 Å². The van der Waals surface area contributed by atoms with Crippen LogP contribution in [-0.2, 0) is 5.41 Å². The molecule has 182 valence electrons. The van der Waals surface area contributed by atoms with Crippen LogP contribution in [0.25, 0.3) is 22.3 Å². The lowest BCUT2D eigenvalue weighted by molar-refractivity contribution is 0.788. The van der Waals surface area contributed by atoms with Gasteiger partial charge in [0.1, 0.15) is 0 Å². The smallest absolute Gasteiger partial charge is 0.0726 e. The predicted molar refractivity (Wildman–Crippen MR) is 158 cm³/mol. The molecule has 1 heteroatoms. The highest BCUT2D eigenvalue weighted by Crippen LogP contribution is 2.63. The lowest BCUT2D eigenvalue weighted by Gasteiger charge is -2.31. The van der Waals surface area contributed by atoms with E-state index in [1.807, 2.05) is 41.5 Å². The summed E-state index contributed by atoms with van der Waals surface area (Å²) in [5.74, 6) is 0. The van der Waals surface area contributed by atoms with Gasteiger partial charge in [-0.2, -0.15) is 0 Å². The second-order valence-corrected chi connectivity index (χ2v) is 9.14. The Hall–Kier alpha value is -2.77. The quantitative estimate of drug-likeness (QED) is 0.205. The minimum absolute atomic E-state index is 0.266. The molecule has 0 radical (unpaired) electrons. The van der Waals surface area contributed by atoms with Gasteiger partial charge in [0.15, 0.2) is 0 Å². The average Bonchev–Trinajstić information content (AvgIpc) is 3.32. The predicted octanol–water partition coefficient (Wildman–Crippen LogP) is 10.3. The van der Waals surface area contributed by atoms with Gasteiger partial charge in [0, 0.05) is 4.90 Å². The Morgan fingerprint density at radius 2 is 0.714 bits per heavy atom. The van der Waals surface area contributed by atoms with Crippen molar-refractivity contribution in [2.24, 2.45) is 0 Å². The fourth-order valence-corrected chi connectivity index (χ4v) is 5.76. The first-order chi connectivity index (χ1) is 17.0. The summed E-state index contributed by atoms with van der Waals surface area (Å²) < 4.78 is 0. The van der Waals surface area contributed by atoms with Crippen LogP contribution in [0.5, 0.6) is 0 Å². The van der Waals surface area contributed by atoms with Crippen molar-refractivity contribution in [2.75, 3.05) is 0 Å². The molecule has 0 aromatic heterocycles. The number of hydrogen-bond acceptors (Lipinski definition) is 1. The summed E-state index contributed by atoms with van der Waals surface area (Å²) in [5.41, 5.74) is 14.6. The Kier molecular flexibility index (Phi) is 8.34. The molecule has 0 amide bonds. The fourth-order valence-electron chi connectivity index (χ4n) is 5.56. The molecule has 2 aliphatic carbocycles. The zero-order valence-electron chi connectivity index (χ0n) is 22.9. The van der Waals surface area contributed by atoms with E-state index in [2.05, 4.69) is 93.6 Å². The number of hydrogen-bond donors (Lipinski definition) is 1. The molecule has 0 fully saturated rings. The molecule has 0 heterocycles. The van der Waals surface area contributed by atoms with E-state index in [0.717, 1.165) is 4.90 Å². The van der Waals surface area contributed by atoms with Crippen LogP contribution in [0.2, 0.25) is 0 Å². The van der Waals surface area contributed by atoms with Crippen LogP contribution < -0.4 is 0 Å². The molecule has 6 rings (SSSR count). The monoisotopic (exact) mass is 480 g/mol. The minimum Gasteiger partial charge on any atom is -0.143 e. The summed E-state index contributed by atoms with van der Waals surface area (Å²) in [6.07, 6.45) is 0. The van der Waals surface area contributed by atoms with E-state index >= 15 is 0 Å². The number of thiol groups is 1. The third kappa shape index (κ3) is 4.04. The zero-order chi connectivity index (χ0) is 25.9. The SMILES string of the molecule is CC.CC.CC.Cc1ccc2c(c1)C1(c3cc(C)ccc3-2)c2cc(C)ccc2-c2ccc(S)cc21. The molecule has 0 nitrogen and oxygen atoms in total. The van der Waals surface area contributed by atoms with Crippen molar-refractivity contribution in [3.05, 3.63) is 112 Å². The summed E-state index contributed by atoms with van der Waals surface area (Å²) in [4.78, 5) is 1.02. The van der Waals surface area contributed by atoms with Crippen LogP contribution >= 0.6 is 12.6 Å². The number of fused-ring (bicyclic) bond motifs is 10. The minimum atomic E-state index is -0.266. The maximum Gasteiger partial charge on any atom is 0.0726 e. The Balaban J connectivity index is 0.000000533. The second-order valence-electron chi connectivity index (χ2n) is 8.63. The summed E-state index contributed by atoms with van der Waals surface area (Å²) in [6, 6.07) is 27.5. The third-order valence-corrected chi connectivity index (χ3v) is 7.00. The standard InChI is InChI=1S/C28H22S.3C2H6/c1-16-4-8-20-21-9-5-17(2)13-25(21)28(24(20)12-16)26-14-18(3)6-10-22(26)23-11-7-19(29)15-27(23)28;3*1-2/h4-15,29H,1-3H3;3*1-2H3. The van der Waals surface area contributed by atoms with Crippen molar-refractivity contribution in [2.45, 2.75) is 72.6 Å². The summed E-state index contributed by atoms with van der Waals surface area (Å²) in [6.45, 7) is 18.6. The van der Waals surface area contributed by atoms with Crippen LogP contribution in [0.3, 0.4) is 0 Å². The number of aryl methyl sites for hydroxylation is 3. The van der Waals surface area contributed by atoms with E-state index in [4.69, 9.17) is 12.6 Å². The molecular weight excluding hydrogens is 440 g/mol.